The van der Waals surface area contributed by atoms with Gasteiger partial charge in [-0.25, -0.2) is 9.78 Å². The molecular weight excluding hydrogens is 266 g/mol. The summed E-state index contributed by atoms with van der Waals surface area (Å²) in [5, 5.41) is 0. The molecule has 4 nitrogen and oxygen atoms in total. The average Bonchev–Trinajstić information content (AvgIpc) is 2.93. The van der Waals surface area contributed by atoms with Crippen molar-refractivity contribution in [3.05, 3.63) is 41.8 Å². The van der Waals surface area contributed by atoms with Crippen molar-refractivity contribution < 1.29 is 13.9 Å². The van der Waals surface area contributed by atoms with Gasteiger partial charge in [-0.3, -0.25) is 0 Å². The summed E-state index contributed by atoms with van der Waals surface area (Å²) in [6.45, 7) is 5.79. The topological polar surface area (TPSA) is 52.3 Å². The van der Waals surface area contributed by atoms with Gasteiger partial charge in [-0.2, -0.15) is 0 Å². The quantitative estimate of drug-likeness (QED) is 0.745. The van der Waals surface area contributed by atoms with Crippen LogP contribution < -0.4 is 0 Å². The van der Waals surface area contributed by atoms with E-state index in [-0.39, 0.29) is 12.1 Å². The first-order chi connectivity index (χ1) is 10.1. The van der Waals surface area contributed by atoms with Gasteiger partial charge in [0.2, 0.25) is 5.89 Å². The second-order valence-corrected chi connectivity index (χ2v) is 5.23. The Hall–Kier alpha value is -2.10. The van der Waals surface area contributed by atoms with Gasteiger partial charge in [0.25, 0.3) is 0 Å². The third-order valence-corrected chi connectivity index (χ3v) is 3.05. The zero-order valence-electron chi connectivity index (χ0n) is 12.8. The van der Waals surface area contributed by atoms with E-state index < -0.39 is 0 Å². The Balaban J connectivity index is 2.27. The Bertz CT molecular complexity index is 602. The smallest absolute Gasteiger partial charge is 0.339 e. The normalized spacial score (nSPS) is 10.9. The lowest BCUT2D eigenvalue weighted by atomic mass is 10.1. The molecule has 1 aromatic heterocycles. The van der Waals surface area contributed by atoms with Crippen LogP contribution in [0.2, 0.25) is 0 Å². The van der Waals surface area contributed by atoms with Crippen molar-refractivity contribution >= 4 is 5.97 Å². The molecule has 0 spiro atoms. The standard InChI is InChI=1S/C17H21NO3/c1-4-5-8-13-11-18-16(21-13)14-9-6-7-10-15(14)17(19)20-12(2)3/h6-7,9-12H,4-5,8H2,1-3H3. The Kier molecular flexibility index (Phi) is 5.14. The van der Waals surface area contributed by atoms with E-state index in [1.165, 1.54) is 0 Å². The Morgan fingerprint density at radius 3 is 2.81 bits per heavy atom. The van der Waals surface area contributed by atoms with Crippen LogP contribution in [-0.4, -0.2) is 17.1 Å². The van der Waals surface area contributed by atoms with E-state index in [1.807, 2.05) is 26.0 Å². The monoisotopic (exact) mass is 287 g/mol. The fraction of sp³-hybridized carbons (Fsp3) is 0.412. The highest BCUT2D eigenvalue weighted by molar-refractivity contribution is 5.96. The van der Waals surface area contributed by atoms with Gasteiger partial charge < -0.3 is 9.15 Å². The van der Waals surface area contributed by atoms with E-state index in [4.69, 9.17) is 9.15 Å². The van der Waals surface area contributed by atoms with Gasteiger partial charge in [-0.05, 0) is 32.4 Å². The highest BCUT2D eigenvalue weighted by Gasteiger charge is 2.18. The number of nitrogens with zero attached hydrogens (tertiary/aromatic N) is 1. The van der Waals surface area contributed by atoms with Crippen LogP contribution in [0.1, 0.15) is 49.7 Å². The number of hydrogen-bond acceptors (Lipinski definition) is 4. The minimum atomic E-state index is -0.353. The number of oxazole rings is 1. The van der Waals surface area contributed by atoms with Crippen LogP contribution in [-0.2, 0) is 11.2 Å². The minimum Gasteiger partial charge on any atom is -0.459 e. The lowest BCUT2D eigenvalue weighted by Crippen LogP contribution is -2.12. The summed E-state index contributed by atoms with van der Waals surface area (Å²) in [4.78, 5) is 16.4. The number of aromatic nitrogens is 1. The van der Waals surface area contributed by atoms with Crippen LogP contribution in [0.15, 0.2) is 34.9 Å². The third kappa shape index (κ3) is 3.94. The summed E-state index contributed by atoms with van der Waals surface area (Å²) < 4.78 is 11.0. The van der Waals surface area contributed by atoms with Crippen molar-refractivity contribution in [2.45, 2.75) is 46.1 Å². The van der Waals surface area contributed by atoms with E-state index in [0.717, 1.165) is 25.0 Å². The average molecular weight is 287 g/mol. The first kappa shape index (κ1) is 15.3. The zero-order valence-corrected chi connectivity index (χ0v) is 12.8. The van der Waals surface area contributed by atoms with Crippen LogP contribution in [0, 0.1) is 0 Å². The van der Waals surface area contributed by atoms with Crippen LogP contribution in [0.3, 0.4) is 0 Å². The van der Waals surface area contributed by atoms with E-state index in [1.54, 1.807) is 18.3 Å². The van der Waals surface area contributed by atoms with Crippen molar-refractivity contribution in [2.24, 2.45) is 0 Å². The number of ether oxygens (including phenoxy) is 1. The Labute approximate surface area is 125 Å². The number of carbonyl (C=O) groups excluding carboxylic acids is 1. The summed E-state index contributed by atoms with van der Waals surface area (Å²) in [6.07, 6.45) is 4.60. The molecule has 112 valence electrons. The lowest BCUT2D eigenvalue weighted by Gasteiger charge is -2.09. The summed E-state index contributed by atoms with van der Waals surface area (Å²) in [5.41, 5.74) is 1.15. The van der Waals surface area contributed by atoms with Crippen molar-refractivity contribution in [1.82, 2.24) is 4.98 Å². The predicted octanol–water partition coefficient (Wildman–Crippen LogP) is 4.25. The number of unbranched alkanes of at least 4 members (excludes halogenated alkanes) is 1. The van der Waals surface area contributed by atoms with Gasteiger partial charge in [0, 0.05) is 6.42 Å². The fourth-order valence-electron chi connectivity index (χ4n) is 2.02. The molecule has 2 aromatic rings. The van der Waals surface area contributed by atoms with Crippen LogP contribution in [0.25, 0.3) is 11.5 Å². The van der Waals surface area contributed by atoms with E-state index in [9.17, 15) is 4.79 Å². The summed E-state index contributed by atoms with van der Waals surface area (Å²) in [5.74, 6) is 0.963. The molecule has 0 amide bonds. The molecule has 0 saturated heterocycles. The molecule has 21 heavy (non-hydrogen) atoms. The van der Waals surface area contributed by atoms with Gasteiger partial charge in [0.1, 0.15) is 5.76 Å². The molecule has 0 bridgehead atoms. The zero-order chi connectivity index (χ0) is 15.2. The molecule has 0 aliphatic heterocycles. The maximum absolute atomic E-state index is 12.1. The first-order valence-corrected chi connectivity index (χ1v) is 7.37. The summed E-state index contributed by atoms with van der Waals surface area (Å²) in [7, 11) is 0. The van der Waals surface area contributed by atoms with Gasteiger partial charge in [-0.15, -0.1) is 0 Å². The second-order valence-electron chi connectivity index (χ2n) is 5.23. The molecule has 0 radical (unpaired) electrons. The molecule has 0 saturated carbocycles. The highest BCUT2D eigenvalue weighted by atomic mass is 16.5. The number of esters is 1. The molecule has 1 aromatic carbocycles. The molecule has 0 atom stereocenters. The largest absolute Gasteiger partial charge is 0.459 e. The predicted molar refractivity (Wildman–Crippen MR) is 81.1 cm³/mol. The van der Waals surface area contributed by atoms with Gasteiger partial charge in [0.15, 0.2) is 0 Å². The Morgan fingerprint density at radius 2 is 2.10 bits per heavy atom. The molecule has 2 rings (SSSR count). The second kappa shape index (κ2) is 7.07. The number of aryl methyl sites for hydroxylation is 1. The van der Waals surface area contributed by atoms with Crippen LogP contribution >= 0.6 is 0 Å². The van der Waals surface area contributed by atoms with Gasteiger partial charge in [-0.1, -0.05) is 25.5 Å². The third-order valence-electron chi connectivity index (χ3n) is 3.05. The highest BCUT2D eigenvalue weighted by Crippen LogP contribution is 2.25. The number of hydrogen-bond donors (Lipinski definition) is 0. The van der Waals surface area contributed by atoms with Crippen molar-refractivity contribution in [3.63, 3.8) is 0 Å². The molecule has 0 fully saturated rings. The molecule has 1 heterocycles. The van der Waals surface area contributed by atoms with Gasteiger partial charge in [0.05, 0.1) is 23.4 Å². The number of carbonyl (C=O) groups is 1. The minimum absolute atomic E-state index is 0.157. The number of benzene rings is 1. The molecule has 0 unspecified atom stereocenters. The van der Waals surface area contributed by atoms with Crippen molar-refractivity contribution in [3.8, 4) is 11.5 Å². The summed E-state index contributed by atoms with van der Waals surface area (Å²) in [6, 6.07) is 7.22. The molecule has 4 heteroatoms. The summed E-state index contributed by atoms with van der Waals surface area (Å²) >= 11 is 0. The fourth-order valence-corrected chi connectivity index (χ4v) is 2.02. The van der Waals surface area contributed by atoms with Crippen molar-refractivity contribution in [1.29, 1.82) is 0 Å². The maximum Gasteiger partial charge on any atom is 0.339 e. The van der Waals surface area contributed by atoms with E-state index >= 15 is 0 Å². The molecule has 0 aliphatic rings. The van der Waals surface area contributed by atoms with E-state index in [0.29, 0.717) is 17.0 Å². The Morgan fingerprint density at radius 1 is 1.33 bits per heavy atom. The lowest BCUT2D eigenvalue weighted by molar-refractivity contribution is 0.0378. The van der Waals surface area contributed by atoms with Crippen LogP contribution in [0.5, 0.6) is 0 Å². The van der Waals surface area contributed by atoms with Crippen molar-refractivity contribution in [2.75, 3.05) is 0 Å². The maximum atomic E-state index is 12.1. The van der Waals surface area contributed by atoms with Crippen LogP contribution in [0.4, 0.5) is 0 Å². The SMILES string of the molecule is CCCCc1cnc(-c2ccccc2C(=O)OC(C)C)o1. The molecular formula is C17H21NO3. The first-order valence-electron chi connectivity index (χ1n) is 7.37. The molecule has 0 aliphatic carbocycles. The van der Waals surface area contributed by atoms with Gasteiger partial charge >= 0.3 is 5.97 Å². The van der Waals surface area contributed by atoms with E-state index in [2.05, 4.69) is 11.9 Å². The molecule has 0 N–H and O–H groups in total. The number of rotatable bonds is 6.